The Labute approximate surface area is 92.7 Å². The molecule has 2 heteroatoms. The third-order valence-electron chi connectivity index (χ3n) is 2.57. The zero-order valence-corrected chi connectivity index (χ0v) is 10.4. The first-order valence-corrected chi connectivity index (χ1v) is 5.31. The number of aryl methyl sites for hydroxylation is 1. The van der Waals surface area contributed by atoms with Gasteiger partial charge in [-0.3, -0.25) is 0 Å². The lowest BCUT2D eigenvalue weighted by Gasteiger charge is -2.25. The quantitative estimate of drug-likeness (QED) is 0.780. The van der Waals surface area contributed by atoms with Crippen molar-refractivity contribution >= 4 is 0 Å². The molecule has 1 rings (SSSR count). The van der Waals surface area contributed by atoms with Crippen molar-refractivity contribution in [2.45, 2.75) is 45.7 Å². The van der Waals surface area contributed by atoms with E-state index in [2.05, 4.69) is 25.1 Å². The van der Waals surface area contributed by atoms with E-state index in [1.54, 1.807) is 0 Å². The van der Waals surface area contributed by atoms with Crippen molar-refractivity contribution in [3.05, 3.63) is 34.9 Å². The predicted molar refractivity (Wildman–Crippen MR) is 65.6 cm³/mol. The molecule has 2 nitrogen and oxygen atoms in total. The van der Waals surface area contributed by atoms with Gasteiger partial charge in [-0.15, -0.1) is 0 Å². The fourth-order valence-electron chi connectivity index (χ4n) is 1.53. The molecule has 0 heterocycles. The molecule has 0 aliphatic heterocycles. The van der Waals surface area contributed by atoms with Crippen molar-refractivity contribution in [3.63, 3.8) is 0 Å². The molecule has 4 N–H and O–H groups in total. The summed E-state index contributed by atoms with van der Waals surface area (Å²) in [7, 11) is 0. The number of rotatable bonds is 2. The minimum Gasteiger partial charge on any atom is -0.322 e. The molecule has 1 aromatic rings. The van der Waals surface area contributed by atoms with Crippen LogP contribution in [-0.4, -0.2) is 0 Å². The Balaban J connectivity index is 3.30. The van der Waals surface area contributed by atoms with Gasteiger partial charge in [0.25, 0.3) is 0 Å². The lowest BCUT2D eigenvalue weighted by molar-refractivity contribution is 0.533. The second-order valence-electron chi connectivity index (χ2n) is 5.53. The first-order valence-electron chi connectivity index (χ1n) is 5.31. The molecule has 0 atom stereocenters. The highest BCUT2D eigenvalue weighted by Gasteiger charge is 2.19. The summed E-state index contributed by atoms with van der Waals surface area (Å²) in [6.45, 7) is 10.1. The molecule has 0 radical (unpaired) electrons. The molecule has 1 aromatic carbocycles. The molecule has 0 fully saturated rings. The largest absolute Gasteiger partial charge is 0.322 e. The molecule has 0 bridgehead atoms. The maximum Gasteiger partial charge on any atom is 0.0352 e. The molecular formula is C13H22N2. The summed E-state index contributed by atoms with van der Waals surface area (Å²) in [6, 6.07) is 6.34. The fraction of sp³-hybridized carbons (Fsp3) is 0.538. The van der Waals surface area contributed by atoms with E-state index in [4.69, 9.17) is 11.5 Å². The van der Waals surface area contributed by atoms with Gasteiger partial charge in [0, 0.05) is 11.1 Å². The first kappa shape index (κ1) is 12.2. The summed E-state index contributed by atoms with van der Waals surface area (Å²) in [6.07, 6.45) is 0. The fourth-order valence-corrected chi connectivity index (χ4v) is 1.53. The van der Waals surface area contributed by atoms with E-state index < -0.39 is 0 Å². The van der Waals surface area contributed by atoms with Crippen LogP contribution in [0.1, 0.15) is 44.4 Å². The van der Waals surface area contributed by atoms with Crippen LogP contribution in [0.2, 0.25) is 0 Å². The summed E-state index contributed by atoms with van der Waals surface area (Å²) in [4.78, 5) is 0. The molecule has 0 aromatic heterocycles. The summed E-state index contributed by atoms with van der Waals surface area (Å²) < 4.78 is 0. The Morgan fingerprint density at radius 2 is 1.13 bits per heavy atom. The first-order chi connectivity index (χ1) is 6.60. The summed E-state index contributed by atoms with van der Waals surface area (Å²) in [5.74, 6) is 0. The lowest BCUT2D eigenvalue weighted by Crippen LogP contribution is -2.32. The zero-order valence-electron chi connectivity index (χ0n) is 10.4. The highest BCUT2D eigenvalue weighted by molar-refractivity contribution is 5.36. The van der Waals surface area contributed by atoms with Crippen LogP contribution >= 0.6 is 0 Å². The van der Waals surface area contributed by atoms with E-state index >= 15 is 0 Å². The molecule has 0 unspecified atom stereocenters. The zero-order chi connectivity index (χ0) is 11.9. The van der Waals surface area contributed by atoms with Gasteiger partial charge in [-0.05, 0) is 45.7 Å². The number of hydrogen-bond donors (Lipinski definition) is 2. The van der Waals surface area contributed by atoms with E-state index in [-0.39, 0.29) is 11.1 Å². The highest BCUT2D eigenvalue weighted by atomic mass is 14.7. The average molecular weight is 206 g/mol. The van der Waals surface area contributed by atoms with Gasteiger partial charge in [-0.25, -0.2) is 0 Å². The van der Waals surface area contributed by atoms with Crippen molar-refractivity contribution in [1.29, 1.82) is 0 Å². The summed E-state index contributed by atoms with van der Waals surface area (Å²) in [5.41, 5.74) is 15.0. The van der Waals surface area contributed by atoms with Crippen LogP contribution in [-0.2, 0) is 11.1 Å². The Bertz CT molecular complexity index is 322. The third kappa shape index (κ3) is 3.05. The molecular weight excluding hydrogens is 184 g/mol. The van der Waals surface area contributed by atoms with Gasteiger partial charge in [-0.1, -0.05) is 23.8 Å². The normalized spacial score (nSPS) is 13.0. The monoisotopic (exact) mass is 206 g/mol. The van der Waals surface area contributed by atoms with Gasteiger partial charge < -0.3 is 11.5 Å². The van der Waals surface area contributed by atoms with E-state index in [1.165, 1.54) is 5.56 Å². The van der Waals surface area contributed by atoms with Gasteiger partial charge in [-0.2, -0.15) is 0 Å². The lowest BCUT2D eigenvalue weighted by atomic mass is 9.87. The van der Waals surface area contributed by atoms with Crippen molar-refractivity contribution < 1.29 is 0 Å². The molecule has 0 aliphatic carbocycles. The smallest absolute Gasteiger partial charge is 0.0352 e. The SMILES string of the molecule is Cc1cc(C(C)(C)N)cc(C(C)(C)N)c1. The van der Waals surface area contributed by atoms with Gasteiger partial charge in [0.1, 0.15) is 0 Å². The number of nitrogens with two attached hydrogens (primary N) is 2. The average Bonchev–Trinajstić information content (AvgIpc) is 1.99. The molecule has 15 heavy (non-hydrogen) atoms. The van der Waals surface area contributed by atoms with Gasteiger partial charge in [0.15, 0.2) is 0 Å². The predicted octanol–water partition coefficient (Wildman–Crippen LogP) is 2.38. The van der Waals surface area contributed by atoms with E-state index in [1.807, 2.05) is 27.7 Å². The molecule has 0 saturated carbocycles. The maximum atomic E-state index is 6.10. The Morgan fingerprint density at radius 1 is 0.800 bits per heavy atom. The molecule has 0 aliphatic rings. The second kappa shape index (κ2) is 3.62. The van der Waals surface area contributed by atoms with Crippen LogP contribution in [0.3, 0.4) is 0 Å². The van der Waals surface area contributed by atoms with Crippen LogP contribution in [0, 0.1) is 6.92 Å². The van der Waals surface area contributed by atoms with Gasteiger partial charge in [0.05, 0.1) is 0 Å². The standard InChI is InChI=1S/C13H22N2/c1-9-6-10(12(2,3)14)8-11(7-9)13(4,5)15/h6-8H,14-15H2,1-5H3. The molecule has 0 spiro atoms. The van der Waals surface area contributed by atoms with Crippen LogP contribution in [0.4, 0.5) is 0 Å². The molecule has 0 amide bonds. The van der Waals surface area contributed by atoms with Crippen LogP contribution in [0.15, 0.2) is 18.2 Å². The van der Waals surface area contributed by atoms with Crippen LogP contribution in [0.5, 0.6) is 0 Å². The summed E-state index contributed by atoms with van der Waals surface area (Å²) in [5, 5.41) is 0. The van der Waals surface area contributed by atoms with Gasteiger partial charge in [0.2, 0.25) is 0 Å². The highest BCUT2D eigenvalue weighted by Crippen LogP contribution is 2.25. The molecule has 84 valence electrons. The van der Waals surface area contributed by atoms with E-state index in [9.17, 15) is 0 Å². The Morgan fingerprint density at radius 3 is 1.40 bits per heavy atom. The second-order valence-corrected chi connectivity index (χ2v) is 5.53. The Kier molecular flexibility index (Phi) is 2.94. The van der Waals surface area contributed by atoms with Gasteiger partial charge >= 0.3 is 0 Å². The third-order valence-corrected chi connectivity index (χ3v) is 2.57. The minimum absolute atomic E-state index is 0.313. The topological polar surface area (TPSA) is 52.0 Å². The number of hydrogen-bond acceptors (Lipinski definition) is 2. The van der Waals surface area contributed by atoms with Crippen molar-refractivity contribution in [2.75, 3.05) is 0 Å². The van der Waals surface area contributed by atoms with Crippen molar-refractivity contribution in [1.82, 2.24) is 0 Å². The van der Waals surface area contributed by atoms with E-state index in [0.717, 1.165) is 11.1 Å². The van der Waals surface area contributed by atoms with Crippen molar-refractivity contribution in [2.24, 2.45) is 11.5 Å². The molecule has 0 saturated heterocycles. The van der Waals surface area contributed by atoms with Crippen LogP contribution < -0.4 is 11.5 Å². The van der Waals surface area contributed by atoms with Crippen molar-refractivity contribution in [3.8, 4) is 0 Å². The minimum atomic E-state index is -0.313. The Hall–Kier alpha value is -0.860. The maximum absolute atomic E-state index is 6.10. The number of benzene rings is 1. The van der Waals surface area contributed by atoms with E-state index in [0.29, 0.717) is 0 Å². The van der Waals surface area contributed by atoms with Crippen LogP contribution in [0.25, 0.3) is 0 Å². The summed E-state index contributed by atoms with van der Waals surface area (Å²) >= 11 is 0.